The molecule has 192 valence electrons. The van der Waals surface area contributed by atoms with Crippen molar-refractivity contribution in [1.29, 1.82) is 0 Å². The quantitative estimate of drug-likeness (QED) is 0.407. The molecule has 8 heteroatoms. The molecule has 0 amide bonds. The van der Waals surface area contributed by atoms with E-state index < -0.39 is 17.9 Å². The Bertz CT molecular complexity index is 1160. The molecule has 2 heterocycles. The van der Waals surface area contributed by atoms with Crippen LogP contribution in [0, 0.1) is 0 Å². The van der Waals surface area contributed by atoms with E-state index in [1.165, 1.54) is 7.11 Å². The van der Waals surface area contributed by atoms with Gasteiger partial charge >= 0.3 is 11.9 Å². The van der Waals surface area contributed by atoms with E-state index in [9.17, 15) is 9.59 Å². The van der Waals surface area contributed by atoms with Crippen LogP contribution < -0.4 is 10.6 Å². The fourth-order valence-corrected chi connectivity index (χ4v) is 4.96. The molecule has 2 N–H and O–H groups in total. The average molecular weight is 494 g/mol. The summed E-state index contributed by atoms with van der Waals surface area (Å²) in [7, 11) is 1.35. The Balaban J connectivity index is 1.73. The van der Waals surface area contributed by atoms with E-state index in [4.69, 9.17) is 14.2 Å². The van der Waals surface area contributed by atoms with Crippen molar-refractivity contribution in [1.82, 2.24) is 15.5 Å². The van der Waals surface area contributed by atoms with Gasteiger partial charge in [-0.25, -0.2) is 9.59 Å². The number of methoxy groups -OCH3 is 1. The molecule has 1 atom stereocenters. The Hall–Kier alpha value is -3.20. The molecule has 2 aliphatic rings. The Morgan fingerprint density at radius 2 is 1.78 bits per heavy atom. The monoisotopic (exact) mass is 493 g/mol. The summed E-state index contributed by atoms with van der Waals surface area (Å²) in [5.41, 5.74) is 2.85. The van der Waals surface area contributed by atoms with Gasteiger partial charge in [-0.3, -0.25) is 4.90 Å². The minimum atomic E-state index is -0.657. The van der Waals surface area contributed by atoms with Crippen molar-refractivity contribution >= 4 is 22.7 Å². The first-order valence-electron chi connectivity index (χ1n) is 12.5. The van der Waals surface area contributed by atoms with Gasteiger partial charge in [0.15, 0.2) is 0 Å². The summed E-state index contributed by atoms with van der Waals surface area (Å²) in [5, 5.41) is 8.60. The van der Waals surface area contributed by atoms with E-state index in [-0.39, 0.29) is 13.2 Å². The molecule has 0 bridgehead atoms. The number of esters is 2. The van der Waals surface area contributed by atoms with Crippen LogP contribution in [-0.2, 0) is 23.8 Å². The zero-order chi connectivity index (χ0) is 25.5. The largest absolute Gasteiger partial charge is 0.466 e. The van der Waals surface area contributed by atoms with Gasteiger partial charge in [0.05, 0.1) is 49.7 Å². The van der Waals surface area contributed by atoms with Gasteiger partial charge in [0, 0.05) is 38.4 Å². The van der Waals surface area contributed by atoms with E-state index >= 15 is 0 Å². The van der Waals surface area contributed by atoms with Crippen molar-refractivity contribution in [3.63, 3.8) is 0 Å². The fraction of sp³-hybridized carbons (Fsp3) is 0.429. The number of hydrogen-bond donors (Lipinski definition) is 2. The number of rotatable bonds is 9. The smallest absolute Gasteiger partial charge is 0.336 e. The van der Waals surface area contributed by atoms with Crippen LogP contribution in [0.2, 0.25) is 0 Å². The number of carbonyl (C=O) groups excluding carboxylic acids is 2. The highest BCUT2D eigenvalue weighted by molar-refractivity contribution is 6.02. The lowest BCUT2D eigenvalue weighted by Gasteiger charge is -2.32. The van der Waals surface area contributed by atoms with E-state index in [1.54, 1.807) is 6.92 Å². The summed E-state index contributed by atoms with van der Waals surface area (Å²) >= 11 is 0. The molecule has 0 saturated carbocycles. The number of piperazine rings is 1. The molecule has 1 fully saturated rings. The molecular weight excluding hydrogens is 458 g/mol. The molecule has 2 aromatic rings. The van der Waals surface area contributed by atoms with Crippen molar-refractivity contribution < 1.29 is 23.8 Å². The number of carbonyl (C=O) groups is 2. The van der Waals surface area contributed by atoms with Gasteiger partial charge < -0.3 is 24.8 Å². The lowest BCUT2D eigenvalue weighted by atomic mass is 9.78. The Labute approximate surface area is 212 Å². The normalized spacial score (nSPS) is 18.8. The predicted molar refractivity (Wildman–Crippen MR) is 138 cm³/mol. The molecule has 4 rings (SSSR count). The molecule has 0 spiro atoms. The summed E-state index contributed by atoms with van der Waals surface area (Å²) in [6, 6.07) is 13.9. The maximum atomic E-state index is 13.4. The molecule has 36 heavy (non-hydrogen) atoms. The Morgan fingerprint density at radius 3 is 2.53 bits per heavy atom. The minimum Gasteiger partial charge on any atom is -0.466 e. The van der Waals surface area contributed by atoms with Gasteiger partial charge in [-0.05, 0) is 30.2 Å². The zero-order valence-electron chi connectivity index (χ0n) is 21.3. The number of nitrogens with one attached hydrogen (secondary N) is 2. The van der Waals surface area contributed by atoms with Crippen LogP contribution in [0.15, 0.2) is 65.0 Å². The molecule has 0 aromatic heterocycles. The van der Waals surface area contributed by atoms with E-state index in [2.05, 4.69) is 15.5 Å². The molecule has 1 saturated heterocycles. The van der Waals surface area contributed by atoms with Gasteiger partial charge in [0.1, 0.15) is 0 Å². The third-order valence-corrected chi connectivity index (χ3v) is 6.69. The number of ether oxygens (including phenoxy) is 3. The third kappa shape index (κ3) is 5.61. The summed E-state index contributed by atoms with van der Waals surface area (Å²) in [5.74, 6) is -1.62. The SMILES string of the molecule is CCOC(=O)C1=C(COCCN2CCNCC2)NC(C)=C(C(=O)OC)C1c1cccc2ccccc12. The molecule has 8 nitrogen and oxygen atoms in total. The highest BCUT2D eigenvalue weighted by Gasteiger charge is 2.39. The molecular formula is C28H35N3O5. The molecule has 1 unspecified atom stereocenters. The summed E-state index contributed by atoms with van der Waals surface area (Å²) < 4.78 is 16.7. The highest BCUT2D eigenvalue weighted by Crippen LogP contribution is 2.42. The van der Waals surface area contributed by atoms with Crippen LogP contribution in [0.1, 0.15) is 25.3 Å². The van der Waals surface area contributed by atoms with Gasteiger partial charge in [0.2, 0.25) is 0 Å². The highest BCUT2D eigenvalue weighted by atomic mass is 16.5. The second-order valence-corrected chi connectivity index (χ2v) is 8.91. The van der Waals surface area contributed by atoms with Crippen LogP contribution in [0.25, 0.3) is 10.8 Å². The standard InChI is InChI=1S/C28H35N3O5/c1-4-36-28(33)26-23(18-35-17-16-31-14-12-29-13-15-31)30-19(2)24(27(32)34-3)25(26)22-11-7-9-20-8-5-6-10-21(20)22/h5-11,25,29-30H,4,12-18H2,1-3H3. The number of benzene rings is 2. The van der Waals surface area contributed by atoms with Crippen LogP contribution >= 0.6 is 0 Å². The van der Waals surface area contributed by atoms with Crippen molar-refractivity contribution in [2.75, 3.05) is 59.7 Å². The lowest BCUT2D eigenvalue weighted by Crippen LogP contribution is -2.44. The third-order valence-electron chi connectivity index (χ3n) is 6.69. The van der Waals surface area contributed by atoms with Crippen molar-refractivity contribution in [3.05, 3.63) is 70.6 Å². The Kier molecular flexibility index (Phi) is 8.74. The van der Waals surface area contributed by atoms with Crippen molar-refractivity contribution in [2.45, 2.75) is 19.8 Å². The predicted octanol–water partition coefficient (Wildman–Crippen LogP) is 2.71. The fourth-order valence-electron chi connectivity index (χ4n) is 4.96. The minimum absolute atomic E-state index is 0.202. The van der Waals surface area contributed by atoms with Crippen LogP contribution in [-0.4, -0.2) is 76.5 Å². The summed E-state index contributed by atoms with van der Waals surface area (Å²) in [6.45, 7) is 9.31. The van der Waals surface area contributed by atoms with Crippen LogP contribution in [0.4, 0.5) is 0 Å². The number of allylic oxidation sites excluding steroid dienone is 1. The second-order valence-electron chi connectivity index (χ2n) is 8.91. The van der Waals surface area contributed by atoms with Gasteiger partial charge in [-0.15, -0.1) is 0 Å². The van der Waals surface area contributed by atoms with Crippen molar-refractivity contribution in [2.24, 2.45) is 0 Å². The summed E-state index contributed by atoms with van der Waals surface area (Å²) in [4.78, 5) is 28.8. The topological polar surface area (TPSA) is 89.1 Å². The lowest BCUT2D eigenvalue weighted by molar-refractivity contribution is -0.139. The number of nitrogens with zero attached hydrogens (tertiary/aromatic N) is 1. The van der Waals surface area contributed by atoms with E-state index in [0.29, 0.717) is 29.1 Å². The number of fused-ring (bicyclic) bond motifs is 1. The van der Waals surface area contributed by atoms with E-state index in [0.717, 1.165) is 49.1 Å². The number of hydrogen-bond acceptors (Lipinski definition) is 8. The van der Waals surface area contributed by atoms with Gasteiger partial charge in [0.25, 0.3) is 0 Å². The first-order chi connectivity index (χ1) is 17.5. The molecule has 2 aliphatic heterocycles. The van der Waals surface area contributed by atoms with Gasteiger partial charge in [-0.2, -0.15) is 0 Å². The summed E-state index contributed by atoms with van der Waals surface area (Å²) in [6.07, 6.45) is 0. The molecule has 0 aliphatic carbocycles. The number of dihydropyridines is 1. The second kappa shape index (κ2) is 12.2. The first kappa shape index (κ1) is 25.9. The van der Waals surface area contributed by atoms with Crippen LogP contribution in [0.5, 0.6) is 0 Å². The van der Waals surface area contributed by atoms with Crippen molar-refractivity contribution in [3.8, 4) is 0 Å². The Morgan fingerprint density at radius 1 is 1.03 bits per heavy atom. The average Bonchev–Trinajstić information content (AvgIpc) is 2.90. The molecule has 2 aromatic carbocycles. The first-order valence-corrected chi connectivity index (χ1v) is 12.5. The maximum Gasteiger partial charge on any atom is 0.336 e. The molecule has 0 radical (unpaired) electrons. The maximum absolute atomic E-state index is 13.4. The van der Waals surface area contributed by atoms with Crippen LogP contribution in [0.3, 0.4) is 0 Å². The zero-order valence-corrected chi connectivity index (χ0v) is 21.3. The van der Waals surface area contributed by atoms with E-state index in [1.807, 2.05) is 49.4 Å². The van der Waals surface area contributed by atoms with Gasteiger partial charge in [-0.1, -0.05) is 42.5 Å².